The molecule has 1 aliphatic rings. The van der Waals surface area contributed by atoms with Crippen LogP contribution in [0.2, 0.25) is 0 Å². The van der Waals surface area contributed by atoms with Gasteiger partial charge in [-0.3, -0.25) is 0 Å². The number of benzene rings is 6. The highest BCUT2D eigenvalue weighted by molar-refractivity contribution is 6.06. The van der Waals surface area contributed by atoms with E-state index in [0.29, 0.717) is 0 Å². The van der Waals surface area contributed by atoms with Crippen LogP contribution >= 0.6 is 0 Å². The zero-order valence-corrected chi connectivity index (χ0v) is 24.1. The molecule has 1 N–H and O–H groups in total. The van der Waals surface area contributed by atoms with Crippen LogP contribution < -0.4 is 9.80 Å². The van der Waals surface area contributed by atoms with E-state index in [1.807, 2.05) is 12.1 Å². The normalized spacial score (nSPS) is 11.4. The first-order chi connectivity index (χ1) is 20.7. The van der Waals surface area contributed by atoms with E-state index in [0.717, 1.165) is 6.42 Å². The molecule has 206 valence electrons. The Morgan fingerprint density at radius 2 is 0.857 bits per heavy atom. The molecule has 1 aromatic heterocycles. The third kappa shape index (κ3) is 5.77. The molecule has 6 aromatic carbocycles. The molecule has 3 heteroatoms. The lowest BCUT2D eigenvalue weighted by molar-refractivity contribution is 1.06. The third-order valence-corrected chi connectivity index (χ3v) is 7.79. The van der Waals surface area contributed by atoms with Crippen molar-refractivity contribution in [3.63, 3.8) is 0 Å². The molecule has 0 atom stereocenters. The van der Waals surface area contributed by atoms with Gasteiger partial charge >= 0.3 is 0 Å². The topological polar surface area (TPSA) is 22.3 Å². The summed E-state index contributed by atoms with van der Waals surface area (Å²) in [7, 11) is 4.21. The summed E-state index contributed by atoms with van der Waals surface area (Å²) in [5.74, 6) is 0. The highest BCUT2D eigenvalue weighted by Crippen LogP contribution is 2.36. The fraction of sp³-hybridized carbons (Fsp3) is 0.0769. The highest BCUT2D eigenvalue weighted by Gasteiger charge is 2.18. The van der Waals surface area contributed by atoms with Crippen LogP contribution in [0, 0.1) is 0 Å². The summed E-state index contributed by atoms with van der Waals surface area (Å²) in [6.07, 6.45) is 1.05. The number of rotatable bonds is 2. The summed E-state index contributed by atoms with van der Waals surface area (Å²) in [5.41, 5.74) is 10.3. The monoisotopic (exact) mass is 545 g/mol. The molecule has 0 bridgehead atoms. The second kappa shape index (κ2) is 12.5. The second-order valence-corrected chi connectivity index (χ2v) is 10.4. The van der Waals surface area contributed by atoms with E-state index in [4.69, 9.17) is 0 Å². The lowest BCUT2D eigenvalue weighted by atomic mass is 9.96. The largest absolute Gasteiger partial charge is 0.355 e. The van der Waals surface area contributed by atoms with Gasteiger partial charge in [0.1, 0.15) is 0 Å². The average Bonchev–Trinajstić information content (AvgIpc) is 3.45. The number of hydrogen-bond acceptors (Lipinski definition) is 2. The van der Waals surface area contributed by atoms with Crippen molar-refractivity contribution < 1.29 is 0 Å². The van der Waals surface area contributed by atoms with Crippen molar-refractivity contribution in [2.45, 2.75) is 6.42 Å². The molecule has 3 nitrogen and oxygen atoms in total. The summed E-state index contributed by atoms with van der Waals surface area (Å²) in [4.78, 5) is 7.82. The van der Waals surface area contributed by atoms with Gasteiger partial charge in [0.15, 0.2) is 0 Å². The fourth-order valence-electron chi connectivity index (χ4n) is 5.56. The van der Waals surface area contributed by atoms with Gasteiger partial charge < -0.3 is 14.8 Å². The summed E-state index contributed by atoms with van der Waals surface area (Å²) in [6, 6.07) is 54.7. The number of aromatic nitrogens is 1. The van der Waals surface area contributed by atoms with Crippen LogP contribution in [0.1, 0.15) is 11.1 Å². The van der Waals surface area contributed by atoms with Gasteiger partial charge in [-0.1, -0.05) is 109 Å². The van der Waals surface area contributed by atoms with Crippen LogP contribution in [-0.2, 0) is 6.42 Å². The minimum atomic E-state index is 1.05. The van der Waals surface area contributed by atoms with E-state index in [2.05, 4.69) is 174 Å². The van der Waals surface area contributed by atoms with Crippen LogP contribution in [0.4, 0.5) is 22.7 Å². The number of nitrogens with one attached hydrogen (secondary N) is 1. The van der Waals surface area contributed by atoms with Crippen LogP contribution in [0.15, 0.2) is 158 Å². The molecule has 0 aliphatic carbocycles. The smallest absolute Gasteiger partial charge is 0.0464 e. The quantitative estimate of drug-likeness (QED) is 0.233. The van der Waals surface area contributed by atoms with Gasteiger partial charge in [0.2, 0.25) is 0 Å². The van der Waals surface area contributed by atoms with Crippen molar-refractivity contribution in [1.82, 2.24) is 4.98 Å². The standard InChI is InChI=1S/C14H13N.C13H13N.C12H9N/c1-15-13-8-4-2-6-11(13)10-12-7-3-5-9-14(12)15;1-14(12-8-4-2-5-9-12)13-10-6-3-7-11-13;1-3-7-11-9(5-1)10-6-2-4-8-12(10)13-11/h2-9H,10H2,1H3;2-11H,1H3;1-8,13H. The molecule has 7 aromatic rings. The van der Waals surface area contributed by atoms with Gasteiger partial charge in [-0.05, 0) is 59.7 Å². The number of hydrogen-bond donors (Lipinski definition) is 1. The molecule has 0 saturated heterocycles. The summed E-state index contributed by atoms with van der Waals surface area (Å²) < 4.78 is 0. The van der Waals surface area contributed by atoms with Gasteiger partial charge in [0, 0.05) is 65.1 Å². The molecule has 2 heterocycles. The molecule has 42 heavy (non-hydrogen) atoms. The molecule has 1 aliphatic heterocycles. The SMILES string of the molecule is CN(c1ccccc1)c1ccccc1.CN1c2ccccc2Cc2ccccc21.c1ccc2c(c1)[nH]c1ccccc12. The third-order valence-electron chi connectivity index (χ3n) is 7.79. The Bertz CT molecular complexity index is 1750. The predicted octanol–water partition coefficient (Wildman–Crippen LogP) is 10.1. The summed E-state index contributed by atoms with van der Waals surface area (Å²) in [6.45, 7) is 0. The minimum absolute atomic E-state index is 1.05. The van der Waals surface area contributed by atoms with Crippen LogP contribution in [0.5, 0.6) is 0 Å². The zero-order valence-electron chi connectivity index (χ0n) is 24.1. The van der Waals surface area contributed by atoms with Crippen LogP contribution in [-0.4, -0.2) is 19.1 Å². The number of aromatic amines is 1. The van der Waals surface area contributed by atoms with Gasteiger partial charge in [-0.15, -0.1) is 0 Å². The Balaban J connectivity index is 0.000000113. The van der Waals surface area contributed by atoms with E-state index in [-0.39, 0.29) is 0 Å². The minimum Gasteiger partial charge on any atom is -0.355 e. The van der Waals surface area contributed by atoms with Crippen molar-refractivity contribution in [1.29, 1.82) is 0 Å². The summed E-state index contributed by atoms with van der Waals surface area (Å²) in [5, 5.41) is 2.61. The van der Waals surface area contributed by atoms with E-state index in [1.54, 1.807) is 0 Å². The molecule has 0 fully saturated rings. The van der Waals surface area contributed by atoms with Crippen molar-refractivity contribution in [3.05, 3.63) is 169 Å². The van der Waals surface area contributed by atoms with Crippen molar-refractivity contribution in [3.8, 4) is 0 Å². The first-order valence-electron chi connectivity index (χ1n) is 14.4. The molecule has 8 rings (SSSR count). The zero-order chi connectivity index (χ0) is 28.7. The Hall–Kier alpha value is -5.28. The van der Waals surface area contributed by atoms with Gasteiger partial charge in [-0.25, -0.2) is 0 Å². The van der Waals surface area contributed by atoms with Gasteiger partial charge in [0.25, 0.3) is 0 Å². The van der Waals surface area contributed by atoms with Crippen molar-refractivity contribution >= 4 is 44.6 Å². The Labute approximate surface area is 248 Å². The lowest BCUT2D eigenvalue weighted by Gasteiger charge is -2.29. The van der Waals surface area contributed by atoms with Crippen LogP contribution in [0.3, 0.4) is 0 Å². The van der Waals surface area contributed by atoms with E-state index in [9.17, 15) is 0 Å². The molecular formula is C39H35N3. The first-order valence-corrected chi connectivity index (χ1v) is 14.4. The van der Waals surface area contributed by atoms with E-state index < -0.39 is 0 Å². The first kappa shape index (κ1) is 26.9. The maximum Gasteiger partial charge on any atom is 0.0464 e. The van der Waals surface area contributed by atoms with Crippen LogP contribution in [0.25, 0.3) is 21.8 Å². The number of anilines is 4. The predicted molar refractivity (Wildman–Crippen MR) is 181 cm³/mol. The van der Waals surface area contributed by atoms with E-state index in [1.165, 1.54) is 55.7 Å². The number of nitrogens with zero attached hydrogens (tertiary/aromatic N) is 2. The van der Waals surface area contributed by atoms with E-state index >= 15 is 0 Å². The number of H-pyrrole nitrogens is 1. The molecular weight excluding hydrogens is 510 g/mol. The molecule has 0 amide bonds. The number of para-hydroxylation sites is 6. The maximum absolute atomic E-state index is 3.38. The average molecular weight is 546 g/mol. The molecule has 0 saturated carbocycles. The molecule has 0 spiro atoms. The number of fused-ring (bicyclic) bond motifs is 5. The highest BCUT2D eigenvalue weighted by atomic mass is 15.1. The van der Waals surface area contributed by atoms with Crippen molar-refractivity contribution in [2.75, 3.05) is 23.9 Å². The second-order valence-electron chi connectivity index (χ2n) is 10.4. The summed E-state index contributed by atoms with van der Waals surface area (Å²) >= 11 is 0. The Morgan fingerprint density at radius 1 is 0.476 bits per heavy atom. The fourth-order valence-corrected chi connectivity index (χ4v) is 5.56. The Morgan fingerprint density at radius 3 is 1.33 bits per heavy atom. The maximum atomic E-state index is 3.38. The molecule has 0 unspecified atom stereocenters. The Kier molecular flexibility index (Phi) is 8.00. The van der Waals surface area contributed by atoms with Gasteiger partial charge in [0.05, 0.1) is 0 Å². The molecule has 0 radical (unpaired) electrons. The van der Waals surface area contributed by atoms with Crippen molar-refractivity contribution in [2.24, 2.45) is 0 Å². The lowest BCUT2D eigenvalue weighted by Crippen LogP contribution is -2.18. The van der Waals surface area contributed by atoms with Gasteiger partial charge in [-0.2, -0.15) is 0 Å².